The minimum Gasteiger partial charge on any atom is -0.289 e. The Labute approximate surface area is 119 Å². The molecule has 1 saturated heterocycles. The molecule has 0 spiro atoms. The van der Waals surface area contributed by atoms with Gasteiger partial charge in [-0.15, -0.1) is 11.3 Å². The molecule has 1 aromatic rings. The first kappa shape index (κ1) is 13.3. The van der Waals surface area contributed by atoms with Crippen LogP contribution in [-0.4, -0.2) is 22.6 Å². The van der Waals surface area contributed by atoms with Gasteiger partial charge in [-0.1, -0.05) is 13.8 Å². The maximum absolute atomic E-state index is 12.2. The SMILES string of the molecule is CC1(C)C2C(=O)N(Cc3ccsc3C(=O)NN)C(=O)C21. The molecule has 2 heterocycles. The number of nitrogens with zero attached hydrogens (tertiary/aromatic N) is 1. The number of nitrogen functional groups attached to an aromatic ring is 1. The average Bonchev–Trinajstić information content (AvgIpc) is 2.73. The zero-order valence-electron chi connectivity index (χ0n) is 11.2. The lowest BCUT2D eigenvalue weighted by Gasteiger charge is -2.20. The van der Waals surface area contributed by atoms with Gasteiger partial charge >= 0.3 is 0 Å². The highest BCUT2D eigenvalue weighted by atomic mass is 32.1. The van der Waals surface area contributed by atoms with Crippen LogP contribution in [0.15, 0.2) is 11.4 Å². The lowest BCUT2D eigenvalue weighted by Crippen LogP contribution is -2.36. The summed E-state index contributed by atoms with van der Waals surface area (Å²) in [6, 6.07) is 1.74. The maximum atomic E-state index is 12.2. The van der Waals surface area contributed by atoms with Crippen molar-refractivity contribution in [1.82, 2.24) is 10.3 Å². The number of hydrazine groups is 1. The monoisotopic (exact) mass is 293 g/mol. The summed E-state index contributed by atoms with van der Waals surface area (Å²) in [5.74, 6) is 4.07. The first-order valence-corrected chi connectivity index (χ1v) is 7.20. The molecule has 2 fully saturated rings. The van der Waals surface area contributed by atoms with Gasteiger partial charge in [0.1, 0.15) is 0 Å². The third kappa shape index (κ3) is 1.63. The first-order valence-electron chi connectivity index (χ1n) is 6.32. The number of hydrogen-bond acceptors (Lipinski definition) is 5. The molecule has 2 unspecified atom stereocenters. The van der Waals surface area contributed by atoms with E-state index in [-0.39, 0.29) is 35.6 Å². The highest BCUT2D eigenvalue weighted by Crippen LogP contribution is 2.63. The van der Waals surface area contributed by atoms with Crippen LogP contribution in [0.1, 0.15) is 29.1 Å². The summed E-state index contributed by atoms with van der Waals surface area (Å²) in [7, 11) is 0. The van der Waals surface area contributed by atoms with E-state index in [4.69, 9.17) is 5.84 Å². The van der Waals surface area contributed by atoms with Crippen LogP contribution >= 0.6 is 11.3 Å². The summed E-state index contributed by atoms with van der Waals surface area (Å²) in [5, 5.41) is 1.75. The van der Waals surface area contributed by atoms with E-state index in [1.165, 1.54) is 16.2 Å². The minimum absolute atomic E-state index is 0.129. The molecule has 20 heavy (non-hydrogen) atoms. The summed E-state index contributed by atoms with van der Waals surface area (Å²) < 4.78 is 0. The van der Waals surface area contributed by atoms with Crippen LogP contribution in [0.5, 0.6) is 0 Å². The van der Waals surface area contributed by atoms with E-state index in [1.54, 1.807) is 11.4 Å². The molecule has 0 aromatic carbocycles. The van der Waals surface area contributed by atoms with E-state index < -0.39 is 5.91 Å². The Kier molecular flexibility index (Phi) is 2.74. The van der Waals surface area contributed by atoms with E-state index in [0.717, 1.165) is 0 Å². The molecular weight excluding hydrogens is 278 g/mol. The van der Waals surface area contributed by atoms with Crippen molar-refractivity contribution in [3.63, 3.8) is 0 Å². The largest absolute Gasteiger partial charge is 0.289 e. The van der Waals surface area contributed by atoms with Crippen LogP contribution < -0.4 is 11.3 Å². The normalized spacial score (nSPS) is 26.6. The Balaban J connectivity index is 1.81. The number of carbonyl (C=O) groups excluding carboxylic acids is 3. The molecule has 2 aliphatic rings. The fraction of sp³-hybridized carbons (Fsp3) is 0.462. The number of nitrogens with one attached hydrogen (secondary N) is 1. The van der Waals surface area contributed by atoms with Crippen molar-refractivity contribution in [1.29, 1.82) is 0 Å². The molecule has 2 atom stereocenters. The van der Waals surface area contributed by atoms with Crippen LogP contribution in [0, 0.1) is 17.3 Å². The van der Waals surface area contributed by atoms with Gasteiger partial charge in [-0.25, -0.2) is 5.84 Å². The first-order chi connectivity index (χ1) is 9.39. The zero-order chi connectivity index (χ0) is 14.7. The van der Waals surface area contributed by atoms with Gasteiger partial charge in [0.25, 0.3) is 5.91 Å². The summed E-state index contributed by atoms with van der Waals surface area (Å²) in [6.07, 6.45) is 0. The number of hydrogen-bond donors (Lipinski definition) is 2. The number of amides is 3. The van der Waals surface area contributed by atoms with Gasteiger partial charge in [-0.05, 0) is 22.4 Å². The van der Waals surface area contributed by atoms with Crippen molar-refractivity contribution in [3.8, 4) is 0 Å². The number of piperidine rings is 1. The molecule has 3 amide bonds. The van der Waals surface area contributed by atoms with Crippen molar-refractivity contribution in [2.45, 2.75) is 20.4 Å². The fourth-order valence-corrected chi connectivity index (χ4v) is 3.87. The Hall–Kier alpha value is -1.73. The third-order valence-corrected chi connectivity index (χ3v) is 5.26. The zero-order valence-corrected chi connectivity index (χ0v) is 12.0. The van der Waals surface area contributed by atoms with E-state index in [2.05, 4.69) is 5.43 Å². The topological polar surface area (TPSA) is 92.5 Å². The van der Waals surface area contributed by atoms with Gasteiger partial charge in [0, 0.05) is 0 Å². The van der Waals surface area contributed by atoms with Gasteiger partial charge in [0.15, 0.2) is 0 Å². The van der Waals surface area contributed by atoms with Gasteiger partial charge < -0.3 is 0 Å². The number of likely N-dealkylation sites (tertiary alicyclic amines) is 1. The molecule has 3 N–H and O–H groups in total. The van der Waals surface area contributed by atoms with Crippen LogP contribution in [0.3, 0.4) is 0 Å². The third-order valence-electron chi connectivity index (χ3n) is 4.30. The van der Waals surface area contributed by atoms with E-state index >= 15 is 0 Å². The lowest BCUT2D eigenvalue weighted by atomic mass is 10.1. The second kappa shape index (κ2) is 4.13. The number of imide groups is 1. The summed E-state index contributed by atoms with van der Waals surface area (Å²) in [6.45, 7) is 4.02. The van der Waals surface area contributed by atoms with Crippen molar-refractivity contribution in [3.05, 3.63) is 21.9 Å². The van der Waals surface area contributed by atoms with Crippen molar-refractivity contribution in [2.24, 2.45) is 23.1 Å². The number of rotatable bonds is 3. The molecular formula is C13H15N3O3S. The number of thiophene rings is 1. The standard InChI is InChI=1S/C13H15N3O3S/c1-13(2)7-8(13)12(19)16(11(7)18)5-6-3-4-20-9(6)10(17)15-14/h3-4,7-8H,5,14H2,1-2H3,(H,15,17). The van der Waals surface area contributed by atoms with Gasteiger partial charge in [-0.3, -0.25) is 24.7 Å². The molecule has 1 aliphatic heterocycles. The number of carbonyl (C=O) groups is 3. The Bertz CT molecular complexity index is 598. The van der Waals surface area contributed by atoms with Crippen LogP contribution in [0.25, 0.3) is 0 Å². The molecule has 1 aliphatic carbocycles. The molecule has 6 nitrogen and oxygen atoms in total. The highest BCUT2D eigenvalue weighted by Gasteiger charge is 2.72. The van der Waals surface area contributed by atoms with Crippen molar-refractivity contribution in [2.75, 3.05) is 0 Å². The van der Waals surface area contributed by atoms with Crippen LogP contribution in [-0.2, 0) is 16.1 Å². The Morgan fingerprint density at radius 1 is 1.40 bits per heavy atom. The molecule has 3 rings (SSSR count). The van der Waals surface area contributed by atoms with Crippen LogP contribution in [0.4, 0.5) is 0 Å². The second-order valence-electron chi connectivity index (χ2n) is 5.79. The summed E-state index contributed by atoms with van der Waals surface area (Å²) in [4.78, 5) is 37.8. The van der Waals surface area contributed by atoms with Crippen LogP contribution in [0.2, 0.25) is 0 Å². The van der Waals surface area contributed by atoms with E-state index in [0.29, 0.717) is 10.4 Å². The number of nitrogens with two attached hydrogens (primary N) is 1. The summed E-state index contributed by atoms with van der Waals surface area (Å²) >= 11 is 1.24. The highest BCUT2D eigenvalue weighted by molar-refractivity contribution is 7.12. The van der Waals surface area contributed by atoms with Crippen molar-refractivity contribution < 1.29 is 14.4 Å². The minimum atomic E-state index is -0.403. The predicted molar refractivity (Wildman–Crippen MR) is 72.3 cm³/mol. The Morgan fingerprint density at radius 2 is 2.00 bits per heavy atom. The van der Waals surface area contributed by atoms with Crippen molar-refractivity contribution >= 4 is 29.1 Å². The molecule has 0 bridgehead atoms. The van der Waals surface area contributed by atoms with E-state index in [1.807, 2.05) is 13.8 Å². The van der Waals surface area contributed by atoms with Gasteiger partial charge in [0.05, 0.1) is 23.3 Å². The average molecular weight is 293 g/mol. The predicted octanol–water partition coefficient (Wildman–Crippen LogP) is 0.493. The Morgan fingerprint density at radius 3 is 2.55 bits per heavy atom. The maximum Gasteiger partial charge on any atom is 0.275 e. The lowest BCUT2D eigenvalue weighted by molar-refractivity contribution is -0.143. The fourth-order valence-electron chi connectivity index (χ4n) is 3.06. The van der Waals surface area contributed by atoms with E-state index in [9.17, 15) is 14.4 Å². The second-order valence-corrected chi connectivity index (χ2v) is 6.70. The molecule has 1 saturated carbocycles. The smallest absolute Gasteiger partial charge is 0.275 e. The summed E-state index contributed by atoms with van der Waals surface area (Å²) in [5.41, 5.74) is 2.51. The molecule has 1 aromatic heterocycles. The molecule has 0 radical (unpaired) electrons. The molecule has 7 heteroatoms. The quantitative estimate of drug-likeness (QED) is 0.367. The van der Waals surface area contributed by atoms with Gasteiger partial charge in [-0.2, -0.15) is 0 Å². The van der Waals surface area contributed by atoms with Gasteiger partial charge in [0.2, 0.25) is 11.8 Å². The molecule has 106 valence electrons. The number of fused-ring (bicyclic) bond motifs is 1.